The molecule has 0 aliphatic carbocycles. The van der Waals surface area contributed by atoms with Crippen molar-refractivity contribution >= 4 is 11.7 Å². The predicted molar refractivity (Wildman–Crippen MR) is 98.9 cm³/mol. The second-order valence-electron chi connectivity index (χ2n) is 6.54. The molecule has 1 N–H and O–H groups in total. The van der Waals surface area contributed by atoms with E-state index < -0.39 is 0 Å². The molecule has 0 aliphatic rings. The Kier molecular flexibility index (Phi) is 5.36. The summed E-state index contributed by atoms with van der Waals surface area (Å²) in [6, 6.07) is 11.1. The number of benzene rings is 1. The fourth-order valence-electron chi connectivity index (χ4n) is 2.60. The van der Waals surface area contributed by atoms with Crippen LogP contribution < -0.4 is 5.32 Å². The van der Waals surface area contributed by atoms with E-state index in [4.69, 9.17) is 4.42 Å². The second kappa shape index (κ2) is 7.86. The number of carbonyl (C=O) groups is 1. The van der Waals surface area contributed by atoms with Crippen molar-refractivity contribution in [3.8, 4) is 5.69 Å². The highest BCUT2D eigenvalue weighted by molar-refractivity contribution is 5.89. The first-order valence-corrected chi connectivity index (χ1v) is 8.59. The molecule has 3 rings (SSSR count). The molecular formula is C19H23N5O2. The van der Waals surface area contributed by atoms with Crippen molar-refractivity contribution in [3.05, 3.63) is 61.1 Å². The zero-order valence-corrected chi connectivity index (χ0v) is 15.2. The van der Waals surface area contributed by atoms with Gasteiger partial charge in [-0.25, -0.2) is 4.79 Å². The molecule has 7 nitrogen and oxygen atoms in total. The maximum atomic E-state index is 12.9. The number of nitrogens with one attached hydrogen (secondary N) is 1. The molecule has 26 heavy (non-hydrogen) atoms. The highest BCUT2D eigenvalue weighted by atomic mass is 16.3. The zero-order valence-electron chi connectivity index (χ0n) is 15.2. The minimum Gasteiger partial charge on any atom is -0.467 e. The van der Waals surface area contributed by atoms with Crippen molar-refractivity contribution in [3.63, 3.8) is 0 Å². The summed E-state index contributed by atoms with van der Waals surface area (Å²) in [5.41, 5.74) is 1.59. The molecule has 0 aliphatic heterocycles. The number of anilines is 1. The van der Waals surface area contributed by atoms with E-state index in [0.29, 0.717) is 18.2 Å². The van der Waals surface area contributed by atoms with Crippen LogP contribution in [0.15, 0.2) is 59.7 Å². The summed E-state index contributed by atoms with van der Waals surface area (Å²) in [6.45, 7) is 6.66. The first-order valence-electron chi connectivity index (χ1n) is 8.59. The molecule has 1 aromatic carbocycles. The summed E-state index contributed by atoms with van der Waals surface area (Å²) in [7, 11) is 0. The molecule has 1 atom stereocenters. The molecule has 0 fully saturated rings. The molecule has 7 heteroatoms. The van der Waals surface area contributed by atoms with Gasteiger partial charge in [0.2, 0.25) is 0 Å². The van der Waals surface area contributed by atoms with Gasteiger partial charge in [-0.05, 0) is 43.2 Å². The fourth-order valence-corrected chi connectivity index (χ4v) is 2.60. The van der Waals surface area contributed by atoms with Crippen LogP contribution in [-0.2, 0) is 6.54 Å². The van der Waals surface area contributed by atoms with E-state index in [9.17, 15) is 4.79 Å². The zero-order chi connectivity index (χ0) is 18.5. The lowest BCUT2D eigenvalue weighted by Gasteiger charge is -2.31. The van der Waals surface area contributed by atoms with Gasteiger partial charge in [0.05, 0.1) is 18.5 Å². The number of hydrogen-bond donors (Lipinski definition) is 1. The van der Waals surface area contributed by atoms with Gasteiger partial charge in [-0.15, -0.1) is 10.2 Å². The molecule has 0 saturated carbocycles. The standard InChI is InChI=1S/C19H23N5O2/c1-14(2)15(3)24(11-18-8-5-9-26-18)19(25)22-16-6-4-7-17(10-16)23-12-20-21-13-23/h4-10,12-15H,11H2,1-3H3,(H,22,25). The minimum absolute atomic E-state index is 0.0566. The SMILES string of the molecule is CC(C)C(C)N(Cc1ccco1)C(=O)Nc1cccc(-n2cnnc2)c1. The second-order valence-corrected chi connectivity index (χ2v) is 6.54. The molecule has 2 heterocycles. The molecule has 2 amide bonds. The highest BCUT2D eigenvalue weighted by Gasteiger charge is 2.24. The van der Waals surface area contributed by atoms with Gasteiger partial charge in [0.15, 0.2) is 0 Å². The van der Waals surface area contributed by atoms with E-state index in [1.54, 1.807) is 28.4 Å². The molecule has 0 saturated heterocycles. The Morgan fingerprint density at radius 1 is 1.19 bits per heavy atom. The van der Waals surface area contributed by atoms with Crippen LogP contribution in [0.3, 0.4) is 0 Å². The average molecular weight is 353 g/mol. The summed E-state index contributed by atoms with van der Waals surface area (Å²) in [5, 5.41) is 10.6. The van der Waals surface area contributed by atoms with E-state index in [1.165, 1.54) is 0 Å². The van der Waals surface area contributed by atoms with Crippen LogP contribution in [0.2, 0.25) is 0 Å². The number of hydrogen-bond acceptors (Lipinski definition) is 4. The Morgan fingerprint density at radius 3 is 2.62 bits per heavy atom. The van der Waals surface area contributed by atoms with Gasteiger partial charge in [0.1, 0.15) is 18.4 Å². The van der Waals surface area contributed by atoms with Crippen LogP contribution in [0.5, 0.6) is 0 Å². The van der Waals surface area contributed by atoms with Gasteiger partial charge in [-0.1, -0.05) is 19.9 Å². The lowest BCUT2D eigenvalue weighted by molar-refractivity contribution is 0.163. The third-order valence-corrected chi connectivity index (χ3v) is 4.44. The van der Waals surface area contributed by atoms with Crippen molar-refractivity contribution < 1.29 is 9.21 Å². The summed E-state index contributed by atoms with van der Waals surface area (Å²) in [4.78, 5) is 14.7. The molecule has 0 spiro atoms. The van der Waals surface area contributed by atoms with Crippen molar-refractivity contribution in [1.82, 2.24) is 19.7 Å². The number of carbonyl (C=O) groups excluding carboxylic acids is 1. The van der Waals surface area contributed by atoms with Gasteiger partial charge >= 0.3 is 6.03 Å². The number of furan rings is 1. The number of nitrogens with zero attached hydrogens (tertiary/aromatic N) is 4. The Labute approximate surface area is 152 Å². The van der Waals surface area contributed by atoms with E-state index in [1.807, 2.05) is 43.3 Å². The van der Waals surface area contributed by atoms with E-state index in [0.717, 1.165) is 11.4 Å². The van der Waals surface area contributed by atoms with Gasteiger partial charge in [0, 0.05) is 11.7 Å². The average Bonchev–Trinajstić information content (AvgIpc) is 3.33. The normalized spacial score (nSPS) is 12.2. The molecule has 136 valence electrons. The Hall–Kier alpha value is -3.09. The molecule has 1 unspecified atom stereocenters. The summed E-state index contributed by atoms with van der Waals surface area (Å²) >= 11 is 0. The Morgan fingerprint density at radius 2 is 1.96 bits per heavy atom. The van der Waals surface area contributed by atoms with Crippen LogP contribution in [0.4, 0.5) is 10.5 Å². The Balaban J connectivity index is 1.78. The lowest BCUT2D eigenvalue weighted by Crippen LogP contribution is -2.43. The fraction of sp³-hybridized carbons (Fsp3) is 0.316. The molecule has 3 aromatic rings. The van der Waals surface area contributed by atoms with Crippen LogP contribution in [0.1, 0.15) is 26.5 Å². The smallest absolute Gasteiger partial charge is 0.322 e. The molecule has 2 aromatic heterocycles. The first kappa shape index (κ1) is 17.7. The number of aromatic nitrogens is 3. The van der Waals surface area contributed by atoms with Crippen LogP contribution in [0, 0.1) is 5.92 Å². The van der Waals surface area contributed by atoms with Crippen LogP contribution >= 0.6 is 0 Å². The monoisotopic (exact) mass is 353 g/mol. The third kappa shape index (κ3) is 4.11. The predicted octanol–water partition coefficient (Wildman–Crippen LogP) is 3.94. The van der Waals surface area contributed by atoms with Gasteiger partial charge in [-0.3, -0.25) is 4.57 Å². The van der Waals surface area contributed by atoms with E-state index in [2.05, 4.69) is 29.4 Å². The van der Waals surface area contributed by atoms with Crippen LogP contribution in [0.25, 0.3) is 5.69 Å². The highest BCUT2D eigenvalue weighted by Crippen LogP contribution is 2.19. The van der Waals surface area contributed by atoms with Crippen molar-refractivity contribution in [2.45, 2.75) is 33.4 Å². The molecular weight excluding hydrogens is 330 g/mol. The van der Waals surface area contributed by atoms with Crippen molar-refractivity contribution in [2.24, 2.45) is 5.92 Å². The topological polar surface area (TPSA) is 76.2 Å². The summed E-state index contributed by atoms with van der Waals surface area (Å²) < 4.78 is 7.21. The van der Waals surface area contributed by atoms with Crippen LogP contribution in [-0.4, -0.2) is 31.7 Å². The molecule has 0 bridgehead atoms. The minimum atomic E-state index is -0.163. The lowest BCUT2D eigenvalue weighted by atomic mass is 10.0. The summed E-state index contributed by atoms with van der Waals surface area (Å²) in [6.07, 6.45) is 4.85. The van der Waals surface area contributed by atoms with Crippen molar-refractivity contribution in [2.75, 3.05) is 5.32 Å². The number of amides is 2. The summed E-state index contributed by atoms with van der Waals surface area (Å²) in [5.74, 6) is 1.07. The quantitative estimate of drug-likeness (QED) is 0.728. The van der Waals surface area contributed by atoms with E-state index >= 15 is 0 Å². The maximum Gasteiger partial charge on any atom is 0.322 e. The number of rotatable bonds is 6. The number of urea groups is 1. The van der Waals surface area contributed by atoms with Gasteiger partial charge in [0.25, 0.3) is 0 Å². The third-order valence-electron chi connectivity index (χ3n) is 4.44. The Bertz CT molecular complexity index is 828. The van der Waals surface area contributed by atoms with Crippen molar-refractivity contribution in [1.29, 1.82) is 0 Å². The van der Waals surface area contributed by atoms with Gasteiger partial charge < -0.3 is 14.6 Å². The molecule has 0 radical (unpaired) electrons. The first-order chi connectivity index (χ1) is 12.5. The largest absolute Gasteiger partial charge is 0.467 e. The van der Waals surface area contributed by atoms with Gasteiger partial charge in [-0.2, -0.15) is 0 Å². The van der Waals surface area contributed by atoms with E-state index in [-0.39, 0.29) is 12.1 Å². The maximum absolute atomic E-state index is 12.9.